The molecule has 0 aliphatic rings. The second-order valence-electron chi connectivity index (χ2n) is 4.94. The van der Waals surface area contributed by atoms with Gasteiger partial charge in [0.05, 0.1) is 6.61 Å². The SMILES string of the molecule is CCCCC(CC)C(=O)NCc1ccc(CO)cc1. The first-order valence-electron chi connectivity index (χ1n) is 7.17. The fourth-order valence-electron chi connectivity index (χ4n) is 2.07. The van der Waals surface area contributed by atoms with Crippen LogP contribution < -0.4 is 5.32 Å². The molecular weight excluding hydrogens is 238 g/mol. The lowest BCUT2D eigenvalue weighted by atomic mass is 9.98. The van der Waals surface area contributed by atoms with Crippen molar-refractivity contribution >= 4 is 5.91 Å². The molecule has 3 heteroatoms. The van der Waals surface area contributed by atoms with Crippen molar-refractivity contribution in [1.82, 2.24) is 5.32 Å². The van der Waals surface area contributed by atoms with Gasteiger partial charge in [-0.2, -0.15) is 0 Å². The number of benzene rings is 1. The Balaban J connectivity index is 2.43. The molecule has 19 heavy (non-hydrogen) atoms. The molecule has 0 bridgehead atoms. The molecule has 1 atom stereocenters. The van der Waals surface area contributed by atoms with Crippen molar-refractivity contribution in [3.8, 4) is 0 Å². The highest BCUT2D eigenvalue weighted by Crippen LogP contribution is 2.13. The Bertz CT molecular complexity index is 373. The van der Waals surface area contributed by atoms with Gasteiger partial charge in [0, 0.05) is 12.5 Å². The van der Waals surface area contributed by atoms with Crippen LogP contribution >= 0.6 is 0 Å². The van der Waals surface area contributed by atoms with Gasteiger partial charge in [0.2, 0.25) is 5.91 Å². The van der Waals surface area contributed by atoms with E-state index < -0.39 is 0 Å². The largest absolute Gasteiger partial charge is 0.392 e. The molecule has 1 amide bonds. The summed E-state index contributed by atoms with van der Waals surface area (Å²) in [7, 11) is 0. The molecule has 0 aliphatic carbocycles. The Morgan fingerprint density at radius 1 is 1.21 bits per heavy atom. The Hall–Kier alpha value is -1.35. The molecule has 1 rings (SSSR count). The van der Waals surface area contributed by atoms with Crippen LogP contribution in [0.15, 0.2) is 24.3 Å². The number of hydrogen-bond acceptors (Lipinski definition) is 2. The maximum Gasteiger partial charge on any atom is 0.223 e. The van der Waals surface area contributed by atoms with E-state index in [-0.39, 0.29) is 18.4 Å². The lowest BCUT2D eigenvalue weighted by Gasteiger charge is -2.14. The van der Waals surface area contributed by atoms with E-state index in [0.717, 1.165) is 36.8 Å². The minimum Gasteiger partial charge on any atom is -0.392 e. The second kappa shape index (κ2) is 8.70. The highest BCUT2D eigenvalue weighted by atomic mass is 16.3. The molecule has 0 aromatic heterocycles. The number of aliphatic hydroxyl groups excluding tert-OH is 1. The molecule has 0 radical (unpaired) electrons. The lowest BCUT2D eigenvalue weighted by molar-refractivity contribution is -0.125. The Kier molecular flexibility index (Phi) is 7.19. The van der Waals surface area contributed by atoms with E-state index in [0.29, 0.717) is 6.54 Å². The molecule has 0 saturated carbocycles. The summed E-state index contributed by atoms with van der Waals surface area (Å²) in [6, 6.07) is 7.66. The van der Waals surface area contributed by atoms with Gasteiger partial charge in [-0.25, -0.2) is 0 Å². The average Bonchev–Trinajstić information content (AvgIpc) is 2.46. The predicted molar refractivity (Wildman–Crippen MR) is 77.5 cm³/mol. The zero-order chi connectivity index (χ0) is 14.1. The van der Waals surface area contributed by atoms with Crippen molar-refractivity contribution in [3.05, 3.63) is 35.4 Å². The van der Waals surface area contributed by atoms with Gasteiger partial charge in [-0.15, -0.1) is 0 Å². The first-order chi connectivity index (χ1) is 9.21. The van der Waals surface area contributed by atoms with Crippen molar-refractivity contribution in [1.29, 1.82) is 0 Å². The monoisotopic (exact) mass is 263 g/mol. The van der Waals surface area contributed by atoms with Gasteiger partial charge < -0.3 is 10.4 Å². The van der Waals surface area contributed by atoms with Gasteiger partial charge in [-0.3, -0.25) is 4.79 Å². The highest BCUT2D eigenvalue weighted by molar-refractivity contribution is 5.78. The molecule has 2 N–H and O–H groups in total. The predicted octanol–water partition coefficient (Wildman–Crippen LogP) is 3.01. The summed E-state index contributed by atoms with van der Waals surface area (Å²) in [6.07, 6.45) is 4.11. The topological polar surface area (TPSA) is 49.3 Å². The van der Waals surface area contributed by atoms with Crippen molar-refractivity contribution in [3.63, 3.8) is 0 Å². The molecule has 1 unspecified atom stereocenters. The molecule has 0 aliphatic heterocycles. The number of carbonyl (C=O) groups is 1. The molecule has 0 fully saturated rings. The van der Waals surface area contributed by atoms with Crippen LogP contribution in [-0.4, -0.2) is 11.0 Å². The number of unbranched alkanes of at least 4 members (excludes halogenated alkanes) is 1. The third-order valence-electron chi connectivity index (χ3n) is 3.44. The molecule has 106 valence electrons. The van der Waals surface area contributed by atoms with Crippen LogP contribution in [0.25, 0.3) is 0 Å². The van der Waals surface area contributed by atoms with E-state index >= 15 is 0 Å². The van der Waals surface area contributed by atoms with Crippen LogP contribution in [0.2, 0.25) is 0 Å². The molecule has 0 heterocycles. The van der Waals surface area contributed by atoms with Crippen LogP contribution in [0.3, 0.4) is 0 Å². The van der Waals surface area contributed by atoms with E-state index in [1.54, 1.807) is 0 Å². The minimum atomic E-state index is 0.0571. The molecule has 0 spiro atoms. The van der Waals surface area contributed by atoms with Crippen LogP contribution in [0.4, 0.5) is 0 Å². The van der Waals surface area contributed by atoms with Gasteiger partial charge in [-0.1, -0.05) is 51.0 Å². The fraction of sp³-hybridized carbons (Fsp3) is 0.562. The number of amides is 1. The number of hydrogen-bond donors (Lipinski definition) is 2. The summed E-state index contributed by atoms with van der Waals surface area (Å²) in [6.45, 7) is 4.83. The van der Waals surface area contributed by atoms with Gasteiger partial charge in [-0.05, 0) is 24.0 Å². The quantitative estimate of drug-likeness (QED) is 0.757. The number of nitrogens with one attached hydrogen (secondary N) is 1. The standard InChI is InChI=1S/C16H25NO2/c1-3-5-6-15(4-2)16(19)17-11-13-7-9-14(12-18)10-8-13/h7-10,15,18H,3-6,11-12H2,1-2H3,(H,17,19). The number of rotatable bonds is 8. The summed E-state index contributed by atoms with van der Waals surface area (Å²) in [5.41, 5.74) is 1.96. The lowest BCUT2D eigenvalue weighted by Crippen LogP contribution is -2.30. The summed E-state index contributed by atoms with van der Waals surface area (Å²) in [5, 5.41) is 12.0. The van der Waals surface area contributed by atoms with Crippen molar-refractivity contribution < 1.29 is 9.90 Å². The highest BCUT2D eigenvalue weighted by Gasteiger charge is 2.14. The zero-order valence-electron chi connectivity index (χ0n) is 12.0. The first kappa shape index (κ1) is 15.7. The van der Waals surface area contributed by atoms with Gasteiger partial charge in [0.1, 0.15) is 0 Å². The smallest absolute Gasteiger partial charge is 0.223 e. The number of aliphatic hydroxyl groups is 1. The van der Waals surface area contributed by atoms with E-state index in [1.807, 2.05) is 24.3 Å². The normalized spacial score (nSPS) is 12.2. The van der Waals surface area contributed by atoms with Gasteiger partial charge in [0.15, 0.2) is 0 Å². The first-order valence-corrected chi connectivity index (χ1v) is 7.17. The van der Waals surface area contributed by atoms with Gasteiger partial charge in [0.25, 0.3) is 0 Å². The van der Waals surface area contributed by atoms with Crippen LogP contribution in [0.5, 0.6) is 0 Å². The maximum atomic E-state index is 12.0. The van der Waals surface area contributed by atoms with Crippen molar-refractivity contribution in [2.45, 2.75) is 52.7 Å². The zero-order valence-corrected chi connectivity index (χ0v) is 12.0. The summed E-state index contributed by atoms with van der Waals surface area (Å²) in [5.74, 6) is 0.291. The van der Waals surface area contributed by atoms with Crippen LogP contribution in [0.1, 0.15) is 50.7 Å². The Morgan fingerprint density at radius 3 is 2.37 bits per heavy atom. The maximum absolute atomic E-state index is 12.0. The van der Waals surface area contributed by atoms with E-state index in [4.69, 9.17) is 5.11 Å². The number of carbonyl (C=O) groups excluding carboxylic acids is 1. The van der Waals surface area contributed by atoms with Crippen LogP contribution in [0, 0.1) is 5.92 Å². The van der Waals surface area contributed by atoms with Gasteiger partial charge >= 0.3 is 0 Å². The Morgan fingerprint density at radius 2 is 1.84 bits per heavy atom. The third-order valence-corrected chi connectivity index (χ3v) is 3.44. The molecular formula is C16H25NO2. The van der Waals surface area contributed by atoms with E-state index in [1.165, 1.54) is 0 Å². The summed E-state index contributed by atoms with van der Waals surface area (Å²) < 4.78 is 0. The van der Waals surface area contributed by atoms with Crippen molar-refractivity contribution in [2.75, 3.05) is 0 Å². The second-order valence-corrected chi connectivity index (χ2v) is 4.94. The molecule has 0 saturated heterocycles. The third kappa shape index (κ3) is 5.43. The molecule has 1 aromatic rings. The van der Waals surface area contributed by atoms with E-state index in [2.05, 4.69) is 19.2 Å². The summed E-state index contributed by atoms with van der Waals surface area (Å²) in [4.78, 5) is 12.0. The minimum absolute atomic E-state index is 0.0571. The Labute approximate surface area is 116 Å². The van der Waals surface area contributed by atoms with Crippen molar-refractivity contribution in [2.24, 2.45) is 5.92 Å². The molecule has 3 nitrogen and oxygen atoms in total. The summed E-state index contributed by atoms with van der Waals surface area (Å²) >= 11 is 0. The van der Waals surface area contributed by atoms with Crippen LogP contribution in [-0.2, 0) is 17.9 Å². The average molecular weight is 263 g/mol. The molecule has 1 aromatic carbocycles. The van der Waals surface area contributed by atoms with E-state index in [9.17, 15) is 4.79 Å². The fourth-order valence-corrected chi connectivity index (χ4v) is 2.07.